The summed E-state index contributed by atoms with van der Waals surface area (Å²) in [5.74, 6) is -3.01. The number of esters is 2. The molecule has 4 aromatic rings. The first-order chi connectivity index (χ1) is 22.9. The molecule has 250 valence electrons. The fraction of sp³-hybridized carbons (Fsp3) is 0.212. The summed E-state index contributed by atoms with van der Waals surface area (Å²) in [5, 5.41) is 5.51. The highest BCUT2D eigenvalue weighted by Crippen LogP contribution is 2.38. The second-order valence-corrected chi connectivity index (χ2v) is 10.9. The summed E-state index contributed by atoms with van der Waals surface area (Å²) in [6.45, 7) is 5.52. The Bertz CT molecular complexity index is 1780. The van der Waals surface area contributed by atoms with E-state index in [1.165, 1.54) is 26.4 Å². The van der Waals surface area contributed by atoms with Crippen molar-refractivity contribution in [2.45, 2.75) is 20.8 Å². The van der Waals surface area contributed by atoms with Crippen LogP contribution in [0.25, 0.3) is 11.1 Å². The normalized spacial score (nSPS) is 10.6. The van der Waals surface area contributed by atoms with Crippen molar-refractivity contribution in [1.82, 2.24) is 9.97 Å². The van der Waals surface area contributed by atoms with Crippen LogP contribution in [-0.2, 0) is 9.47 Å². The Morgan fingerprint density at radius 3 is 1.58 bits per heavy atom. The van der Waals surface area contributed by atoms with Crippen molar-refractivity contribution >= 4 is 69.9 Å². The van der Waals surface area contributed by atoms with Crippen LogP contribution in [0.3, 0.4) is 0 Å². The molecule has 0 atom stereocenters. The summed E-state index contributed by atoms with van der Waals surface area (Å²) in [6, 6.07) is 12.7. The van der Waals surface area contributed by atoms with Crippen LogP contribution in [-0.4, -0.2) is 61.2 Å². The van der Waals surface area contributed by atoms with Gasteiger partial charge in [-0.3, -0.25) is 9.59 Å². The van der Waals surface area contributed by atoms with Gasteiger partial charge in [0.25, 0.3) is 11.8 Å². The molecule has 0 saturated heterocycles. The molecule has 0 aliphatic carbocycles. The maximum absolute atomic E-state index is 13.3. The van der Waals surface area contributed by atoms with E-state index in [9.17, 15) is 19.2 Å². The van der Waals surface area contributed by atoms with E-state index in [1.807, 2.05) is 0 Å². The van der Waals surface area contributed by atoms with Crippen LogP contribution in [0.15, 0.2) is 48.5 Å². The molecule has 0 fully saturated rings. The predicted octanol–water partition coefficient (Wildman–Crippen LogP) is 7.29. The van der Waals surface area contributed by atoms with E-state index in [0.29, 0.717) is 22.4 Å². The van der Waals surface area contributed by atoms with Crippen molar-refractivity contribution < 1.29 is 38.1 Å². The quantitative estimate of drug-likeness (QED) is 0.151. The monoisotopic (exact) mass is 714 g/mol. The maximum atomic E-state index is 13.3. The van der Waals surface area contributed by atoms with Crippen LogP contribution in [0.1, 0.15) is 61.1 Å². The number of aromatic nitrogens is 2. The van der Waals surface area contributed by atoms with Crippen LogP contribution >= 0.6 is 34.8 Å². The number of halogens is 3. The van der Waals surface area contributed by atoms with E-state index < -0.39 is 23.8 Å². The van der Waals surface area contributed by atoms with E-state index in [4.69, 9.17) is 53.8 Å². The van der Waals surface area contributed by atoms with Gasteiger partial charge in [0.1, 0.15) is 11.1 Å². The van der Waals surface area contributed by atoms with E-state index in [1.54, 1.807) is 57.2 Å². The van der Waals surface area contributed by atoms with Gasteiger partial charge < -0.3 is 29.6 Å². The second-order valence-electron chi connectivity index (χ2n) is 9.75. The first-order valence-corrected chi connectivity index (χ1v) is 15.4. The molecule has 0 spiro atoms. The Balaban J connectivity index is 1.64. The third-order valence-electron chi connectivity index (χ3n) is 6.80. The summed E-state index contributed by atoms with van der Waals surface area (Å²) >= 11 is 19.5. The largest absolute Gasteiger partial charge is 0.477 e. The van der Waals surface area contributed by atoms with E-state index in [-0.39, 0.29) is 68.2 Å². The number of nitrogens with one attached hydrogen (secondary N) is 2. The van der Waals surface area contributed by atoms with Gasteiger partial charge in [-0.25, -0.2) is 19.6 Å². The molecule has 0 saturated carbocycles. The lowest BCUT2D eigenvalue weighted by atomic mass is 9.98. The Morgan fingerprint density at radius 2 is 1.12 bits per heavy atom. The number of ether oxygens (including phenoxy) is 4. The third-order valence-corrected chi connectivity index (χ3v) is 7.79. The summed E-state index contributed by atoms with van der Waals surface area (Å²) in [5.41, 5.74) is 2.05. The number of rotatable bonds is 11. The number of anilines is 2. The van der Waals surface area contributed by atoms with Gasteiger partial charge in [-0.15, -0.1) is 0 Å². The van der Waals surface area contributed by atoms with Crippen molar-refractivity contribution in [1.29, 1.82) is 0 Å². The van der Waals surface area contributed by atoms with E-state index >= 15 is 0 Å². The van der Waals surface area contributed by atoms with E-state index in [2.05, 4.69) is 20.6 Å². The molecule has 0 unspecified atom stereocenters. The maximum Gasteiger partial charge on any atom is 0.343 e. The third kappa shape index (κ3) is 7.62. The van der Waals surface area contributed by atoms with Gasteiger partial charge in [-0.2, -0.15) is 0 Å². The van der Waals surface area contributed by atoms with Gasteiger partial charge >= 0.3 is 11.9 Å². The van der Waals surface area contributed by atoms with Gasteiger partial charge in [0.15, 0.2) is 11.4 Å². The zero-order valence-electron chi connectivity index (χ0n) is 26.3. The zero-order valence-corrected chi connectivity index (χ0v) is 28.6. The van der Waals surface area contributed by atoms with Crippen LogP contribution in [0, 0.1) is 6.92 Å². The topological polar surface area (TPSA) is 155 Å². The lowest BCUT2D eigenvalue weighted by molar-refractivity contribution is 0.0585. The van der Waals surface area contributed by atoms with Crippen molar-refractivity contribution in [3.63, 3.8) is 0 Å². The number of methoxy groups -OCH3 is 2. The smallest absolute Gasteiger partial charge is 0.343 e. The molecule has 48 heavy (non-hydrogen) atoms. The van der Waals surface area contributed by atoms with Crippen molar-refractivity contribution in [3.8, 4) is 22.9 Å². The Kier molecular flexibility index (Phi) is 11.8. The lowest BCUT2D eigenvalue weighted by Crippen LogP contribution is -2.18. The molecule has 2 amide bonds. The van der Waals surface area contributed by atoms with Crippen molar-refractivity contribution in [2.75, 3.05) is 38.1 Å². The first kappa shape index (κ1) is 35.9. The van der Waals surface area contributed by atoms with Gasteiger partial charge in [0, 0.05) is 11.3 Å². The number of nitrogens with zero attached hydrogens (tertiary/aromatic N) is 2. The average molecular weight is 716 g/mol. The number of carbonyl (C=O) groups excluding carboxylic acids is 4. The summed E-state index contributed by atoms with van der Waals surface area (Å²) in [4.78, 5) is 59.3. The van der Waals surface area contributed by atoms with Gasteiger partial charge in [0.05, 0.1) is 48.2 Å². The number of pyridine rings is 2. The number of amides is 2. The fourth-order valence-electron chi connectivity index (χ4n) is 4.53. The highest BCUT2D eigenvalue weighted by atomic mass is 35.5. The molecule has 2 aromatic heterocycles. The van der Waals surface area contributed by atoms with Gasteiger partial charge in [0.2, 0.25) is 11.8 Å². The van der Waals surface area contributed by atoms with Crippen LogP contribution in [0.5, 0.6) is 11.8 Å². The van der Waals surface area contributed by atoms with Crippen LogP contribution in [0.4, 0.5) is 11.4 Å². The molecular formula is C33H29Cl3N4O8. The van der Waals surface area contributed by atoms with Crippen LogP contribution in [0.2, 0.25) is 15.1 Å². The minimum absolute atomic E-state index is 0.0216. The minimum atomic E-state index is -0.726. The minimum Gasteiger partial charge on any atom is -0.477 e. The van der Waals surface area contributed by atoms with Gasteiger partial charge in [-0.05, 0) is 56.2 Å². The zero-order chi connectivity index (χ0) is 35.1. The Labute approximate surface area is 290 Å². The molecule has 15 heteroatoms. The first-order valence-electron chi connectivity index (χ1n) is 14.3. The van der Waals surface area contributed by atoms with Gasteiger partial charge in [-0.1, -0.05) is 59.1 Å². The molecule has 0 radical (unpaired) electrons. The molecular weight excluding hydrogens is 687 g/mol. The van der Waals surface area contributed by atoms with Crippen molar-refractivity contribution in [3.05, 3.63) is 91.7 Å². The molecule has 2 heterocycles. The second kappa shape index (κ2) is 15.8. The molecule has 2 aromatic carbocycles. The molecule has 12 nitrogen and oxygen atoms in total. The standard InChI is InChI=1S/C33H29Cl3N4O8/c1-6-47-30-19(32(43)45-4)14-21(34)26(39-30)28(41)37-23-12-8-10-17(16(23)3)18-11-9-13-24(25(18)36)38-29(42)27-22(35)15-20(33(44)46-5)31(40-27)48-7-2/h8-15H,6-7H2,1-5H3,(H,37,41)(H,38,42). The number of hydrogen-bond acceptors (Lipinski definition) is 10. The highest BCUT2D eigenvalue weighted by Gasteiger charge is 2.25. The Morgan fingerprint density at radius 1 is 0.688 bits per heavy atom. The highest BCUT2D eigenvalue weighted by molar-refractivity contribution is 6.38. The average Bonchev–Trinajstić information content (AvgIpc) is 3.07. The number of benzene rings is 2. The SMILES string of the molecule is CCOc1nc(C(=O)Nc2cccc(-c3cccc(NC(=O)c4nc(OCC)c(C(=O)OC)cc4Cl)c3Cl)c2C)c(Cl)cc1C(=O)OC. The lowest BCUT2D eigenvalue weighted by Gasteiger charge is -2.17. The molecule has 0 aliphatic rings. The fourth-order valence-corrected chi connectivity index (χ4v) is 5.28. The molecule has 0 bridgehead atoms. The Hall–Kier alpha value is -4.91. The summed E-state index contributed by atoms with van der Waals surface area (Å²) < 4.78 is 20.4. The number of hydrogen-bond donors (Lipinski definition) is 2. The van der Waals surface area contributed by atoms with Crippen molar-refractivity contribution in [2.24, 2.45) is 0 Å². The molecule has 0 aliphatic heterocycles. The van der Waals surface area contributed by atoms with Crippen LogP contribution < -0.4 is 20.1 Å². The summed E-state index contributed by atoms with van der Waals surface area (Å²) in [7, 11) is 2.40. The molecule has 4 rings (SSSR count). The predicted molar refractivity (Wildman–Crippen MR) is 181 cm³/mol. The number of carbonyl (C=O) groups is 4. The molecule has 2 N–H and O–H groups in total. The summed E-state index contributed by atoms with van der Waals surface area (Å²) in [6.07, 6.45) is 0. The van der Waals surface area contributed by atoms with E-state index in [0.717, 1.165) is 0 Å².